The molecule has 0 heterocycles. The largest absolute Gasteiger partial charge is 0.494 e. The first-order valence-electron chi connectivity index (χ1n) is 5.94. The van der Waals surface area contributed by atoms with Gasteiger partial charge in [0.1, 0.15) is 5.75 Å². The number of carbonyl (C=O) groups is 1. The quantitative estimate of drug-likeness (QED) is 0.795. The average molecular weight is 236 g/mol. The molecule has 0 saturated carbocycles. The second-order valence-corrected chi connectivity index (χ2v) is 3.88. The first-order valence-corrected chi connectivity index (χ1v) is 5.94. The first kappa shape index (κ1) is 13.5. The Hall–Kier alpha value is -1.55. The minimum Gasteiger partial charge on any atom is -0.494 e. The van der Waals surface area contributed by atoms with E-state index in [0.29, 0.717) is 13.0 Å². The molecule has 1 amide bonds. The van der Waals surface area contributed by atoms with Crippen LogP contribution >= 0.6 is 0 Å². The molecule has 0 radical (unpaired) electrons. The van der Waals surface area contributed by atoms with Gasteiger partial charge < -0.3 is 15.8 Å². The number of ether oxygens (including phenoxy) is 1. The molecule has 1 aromatic carbocycles. The predicted molar refractivity (Wildman–Crippen MR) is 69.1 cm³/mol. The molecule has 0 aliphatic heterocycles. The smallest absolute Gasteiger partial charge is 0.225 e. The van der Waals surface area contributed by atoms with Gasteiger partial charge in [-0.25, -0.2) is 0 Å². The number of anilines is 1. The summed E-state index contributed by atoms with van der Waals surface area (Å²) in [6.45, 7) is 4.50. The van der Waals surface area contributed by atoms with Gasteiger partial charge in [0.25, 0.3) is 0 Å². The van der Waals surface area contributed by atoms with E-state index in [0.717, 1.165) is 17.9 Å². The molecule has 1 aromatic rings. The molecule has 3 N–H and O–H groups in total. The molecule has 0 aliphatic carbocycles. The molecule has 1 rings (SSSR count). The van der Waals surface area contributed by atoms with E-state index in [-0.39, 0.29) is 11.9 Å². The SMILES string of the molecule is CCOc1cccc(NC(=O)CC(N)CC)c1. The molecule has 4 heteroatoms. The Bertz CT molecular complexity index is 366. The Kier molecular flexibility index (Phi) is 5.49. The summed E-state index contributed by atoms with van der Waals surface area (Å²) < 4.78 is 5.35. The Morgan fingerprint density at radius 3 is 2.88 bits per heavy atom. The minimum atomic E-state index is -0.0786. The molecule has 17 heavy (non-hydrogen) atoms. The third-order valence-electron chi connectivity index (χ3n) is 2.40. The molecule has 0 aliphatic rings. The molecule has 1 atom stereocenters. The first-order chi connectivity index (χ1) is 8.15. The minimum absolute atomic E-state index is 0.0620. The highest BCUT2D eigenvalue weighted by Gasteiger charge is 2.08. The number of carbonyl (C=O) groups excluding carboxylic acids is 1. The van der Waals surface area contributed by atoms with Crippen molar-refractivity contribution in [3.05, 3.63) is 24.3 Å². The van der Waals surface area contributed by atoms with E-state index in [1.54, 1.807) is 6.07 Å². The molecule has 1 unspecified atom stereocenters. The molecular weight excluding hydrogens is 216 g/mol. The van der Waals surface area contributed by atoms with Crippen LogP contribution in [-0.2, 0) is 4.79 Å². The highest BCUT2D eigenvalue weighted by Crippen LogP contribution is 2.17. The Morgan fingerprint density at radius 1 is 1.47 bits per heavy atom. The van der Waals surface area contributed by atoms with Crippen LogP contribution in [0.2, 0.25) is 0 Å². The van der Waals surface area contributed by atoms with Gasteiger partial charge in [0.05, 0.1) is 6.61 Å². The summed E-state index contributed by atoms with van der Waals surface area (Å²) in [5.74, 6) is 0.693. The molecule has 94 valence electrons. The van der Waals surface area contributed by atoms with Crippen LogP contribution < -0.4 is 15.8 Å². The van der Waals surface area contributed by atoms with E-state index in [1.165, 1.54) is 0 Å². The summed E-state index contributed by atoms with van der Waals surface area (Å²) in [6.07, 6.45) is 1.14. The van der Waals surface area contributed by atoms with Crippen molar-refractivity contribution in [3.63, 3.8) is 0 Å². The second-order valence-electron chi connectivity index (χ2n) is 3.88. The average Bonchev–Trinajstić information content (AvgIpc) is 2.29. The fourth-order valence-electron chi connectivity index (χ4n) is 1.42. The third kappa shape index (κ3) is 4.87. The van der Waals surface area contributed by atoms with Gasteiger partial charge in [0.2, 0.25) is 5.91 Å². The van der Waals surface area contributed by atoms with E-state index >= 15 is 0 Å². The third-order valence-corrected chi connectivity index (χ3v) is 2.40. The summed E-state index contributed by atoms with van der Waals surface area (Å²) in [5.41, 5.74) is 6.46. The topological polar surface area (TPSA) is 64.3 Å². The maximum atomic E-state index is 11.6. The van der Waals surface area contributed by atoms with E-state index < -0.39 is 0 Å². The lowest BCUT2D eigenvalue weighted by Gasteiger charge is -2.10. The van der Waals surface area contributed by atoms with Crippen molar-refractivity contribution in [3.8, 4) is 5.75 Å². The summed E-state index contributed by atoms with van der Waals surface area (Å²) in [7, 11) is 0. The summed E-state index contributed by atoms with van der Waals surface area (Å²) in [5, 5.41) is 2.81. The summed E-state index contributed by atoms with van der Waals surface area (Å²) in [4.78, 5) is 11.6. The van der Waals surface area contributed by atoms with Gasteiger partial charge in [-0.05, 0) is 25.5 Å². The standard InChI is InChI=1S/C13H20N2O2/c1-3-10(14)8-13(16)15-11-6-5-7-12(9-11)17-4-2/h5-7,9-10H,3-4,8,14H2,1-2H3,(H,15,16). The van der Waals surface area contributed by atoms with E-state index in [1.807, 2.05) is 32.0 Å². The van der Waals surface area contributed by atoms with E-state index in [9.17, 15) is 4.79 Å². The maximum Gasteiger partial charge on any atom is 0.225 e. The number of amides is 1. The number of benzene rings is 1. The number of nitrogens with one attached hydrogen (secondary N) is 1. The van der Waals surface area contributed by atoms with Crippen LogP contribution in [0.15, 0.2) is 24.3 Å². The molecule has 0 spiro atoms. The van der Waals surface area contributed by atoms with Crippen molar-refractivity contribution < 1.29 is 9.53 Å². The Labute approximate surface area is 102 Å². The number of rotatable bonds is 6. The van der Waals surface area contributed by atoms with Gasteiger partial charge in [-0.1, -0.05) is 13.0 Å². The zero-order valence-corrected chi connectivity index (χ0v) is 10.4. The zero-order valence-electron chi connectivity index (χ0n) is 10.4. The summed E-state index contributed by atoms with van der Waals surface area (Å²) >= 11 is 0. The fourth-order valence-corrected chi connectivity index (χ4v) is 1.42. The number of hydrogen-bond donors (Lipinski definition) is 2. The van der Waals surface area contributed by atoms with Crippen LogP contribution in [0.5, 0.6) is 5.75 Å². The molecule has 0 bridgehead atoms. The van der Waals surface area contributed by atoms with Crippen molar-refractivity contribution in [1.82, 2.24) is 0 Å². The molecule has 0 saturated heterocycles. The van der Waals surface area contributed by atoms with Crippen molar-refractivity contribution in [2.24, 2.45) is 5.73 Å². The highest BCUT2D eigenvalue weighted by atomic mass is 16.5. The zero-order chi connectivity index (χ0) is 12.7. The van der Waals surface area contributed by atoms with Crippen molar-refractivity contribution in [2.45, 2.75) is 32.7 Å². The number of hydrogen-bond acceptors (Lipinski definition) is 3. The lowest BCUT2D eigenvalue weighted by molar-refractivity contribution is -0.116. The van der Waals surface area contributed by atoms with Crippen LogP contribution in [0, 0.1) is 0 Å². The van der Waals surface area contributed by atoms with Crippen LogP contribution in [0.1, 0.15) is 26.7 Å². The fraction of sp³-hybridized carbons (Fsp3) is 0.462. The van der Waals surface area contributed by atoms with Gasteiger partial charge in [-0.15, -0.1) is 0 Å². The summed E-state index contributed by atoms with van der Waals surface area (Å²) in [6, 6.07) is 7.26. The van der Waals surface area contributed by atoms with Crippen LogP contribution in [0.25, 0.3) is 0 Å². The maximum absolute atomic E-state index is 11.6. The molecule has 4 nitrogen and oxygen atoms in total. The van der Waals surface area contributed by atoms with Gasteiger partial charge in [0, 0.05) is 24.2 Å². The van der Waals surface area contributed by atoms with Crippen LogP contribution in [-0.4, -0.2) is 18.6 Å². The van der Waals surface area contributed by atoms with Gasteiger partial charge >= 0.3 is 0 Å². The Morgan fingerprint density at radius 2 is 2.24 bits per heavy atom. The van der Waals surface area contributed by atoms with Gasteiger partial charge in [-0.2, -0.15) is 0 Å². The monoisotopic (exact) mass is 236 g/mol. The molecule has 0 aromatic heterocycles. The number of nitrogens with two attached hydrogens (primary N) is 1. The van der Waals surface area contributed by atoms with Crippen molar-refractivity contribution in [2.75, 3.05) is 11.9 Å². The lowest BCUT2D eigenvalue weighted by atomic mass is 10.1. The lowest BCUT2D eigenvalue weighted by Crippen LogP contribution is -2.26. The second kappa shape index (κ2) is 6.91. The van der Waals surface area contributed by atoms with Crippen LogP contribution in [0.4, 0.5) is 5.69 Å². The van der Waals surface area contributed by atoms with Crippen LogP contribution in [0.3, 0.4) is 0 Å². The molecule has 0 fully saturated rings. The van der Waals surface area contributed by atoms with Gasteiger partial charge in [0.15, 0.2) is 0 Å². The predicted octanol–water partition coefficient (Wildman–Crippen LogP) is 2.15. The molecular formula is C13H20N2O2. The van der Waals surface area contributed by atoms with Crippen molar-refractivity contribution >= 4 is 11.6 Å². The Balaban J connectivity index is 2.55. The van der Waals surface area contributed by atoms with Crippen molar-refractivity contribution in [1.29, 1.82) is 0 Å². The highest BCUT2D eigenvalue weighted by molar-refractivity contribution is 5.91. The van der Waals surface area contributed by atoms with E-state index in [4.69, 9.17) is 10.5 Å². The normalized spacial score (nSPS) is 11.9. The van der Waals surface area contributed by atoms with Gasteiger partial charge in [-0.3, -0.25) is 4.79 Å². The van der Waals surface area contributed by atoms with E-state index in [2.05, 4.69) is 5.32 Å².